The van der Waals surface area contributed by atoms with Gasteiger partial charge in [-0.25, -0.2) is 0 Å². The van der Waals surface area contributed by atoms with Gasteiger partial charge in [0.2, 0.25) is 0 Å². The maximum absolute atomic E-state index is 5.21. The topological polar surface area (TPSA) is 9.23 Å². The smallest absolute Gasteiger partial charge is 0.128 e. The van der Waals surface area contributed by atoms with Gasteiger partial charge in [-0.2, -0.15) is 0 Å². The van der Waals surface area contributed by atoms with Gasteiger partial charge in [-0.05, 0) is 22.4 Å². The number of hydrogen-bond acceptors (Lipinski definition) is 2. The number of thiophene rings is 1. The zero-order valence-corrected chi connectivity index (χ0v) is 11.6. The summed E-state index contributed by atoms with van der Waals surface area (Å²) < 4.78 is 6.55. The highest BCUT2D eigenvalue weighted by molar-refractivity contribution is 7.20. The van der Waals surface area contributed by atoms with Crippen molar-refractivity contribution in [3.05, 3.63) is 41.3 Å². The minimum absolute atomic E-state index is 0.163. The van der Waals surface area contributed by atoms with Crippen molar-refractivity contribution in [1.82, 2.24) is 0 Å². The van der Waals surface area contributed by atoms with Gasteiger partial charge in [-0.3, -0.25) is 0 Å². The summed E-state index contributed by atoms with van der Waals surface area (Å²) in [6.07, 6.45) is 0. The fraction of sp³-hybridized carbons (Fsp3) is 0.333. The molecule has 2 rings (SSSR count). The minimum Gasteiger partial charge on any atom is -0.496 e. The van der Waals surface area contributed by atoms with E-state index in [2.05, 4.69) is 51.6 Å². The zero-order valence-electron chi connectivity index (χ0n) is 10.8. The Hall–Kier alpha value is -1.28. The fourth-order valence-corrected chi connectivity index (χ4v) is 3.22. The van der Waals surface area contributed by atoms with Gasteiger partial charge in [0, 0.05) is 4.70 Å². The van der Waals surface area contributed by atoms with Gasteiger partial charge >= 0.3 is 0 Å². The first-order valence-corrected chi connectivity index (χ1v) is 6.51. The van der Waals surface area contributed by atoms with E-state index in [0.717, 1.165) is 10.6 Å². The SMILES string of the molecule is C=C(OC)c1cc2cccc(C(C)(C)C)c2s1. The van der Waals surface area contributed by atoms with Crippen LogP contribution in [0, 0.1) is 0 Å². The average molecular weight is 246 g/mol. The predicted molar refractivity (Wildman–Crippen MR) is 76.6 cm³/mol. The van der Waals surface area contributed by atoms with Crippen molar-refractivity contribution < 1.29 is 4.74 Å². The van der Waals surface area contributed by atoms with Crippen molar-refractivity contribution in [2.24, 2.45) is 0 Å². The number of rotatable bonds is 2. The molecule has 0 unspecified atom stereocenters. The molecule has 1 aromatic carbocycles. The Morgan fingerprint density at radius 3 is 2.59 bits per heavy atom. The first kappa shape index (κ1) is 12.2. The molecule has 0 N–H and O–H groups in total. The summed E-state index contributed by atoms with van der Waals surface area (Å²) in [6, 6.07) is 8.63. The summed E-state index contributed by atoms with van der Waals surface area (Å²) in [6.45, 7) is 10.6. The number of methoxy groups -OCH3 is 1. The number of benzene rings is 1. The van der Waals surface area contributed by atoms with Crippen molar-refractivity contribution >= 4 is 27.2 Å². The minimum atomic E-state index is 0.163. The van der Waals surface area contributed by atoms with Gasteiger partial charge < -0.3 is 4.74 Å². The molecule has 0 radical (unpaired) electrons. The molecule has 0 atom stereocenters. The molecule has 0 aliphatic rings. The molecule has 90 valence electrons. The Labute approximate surface area is 107 Å². The van der Waals surface area contributed by atoms with E-state index < -0.39 is 0 Å². The van der Waals surface area contributed by atoms with Crippen LogP contribution in [0.3, 0.4) is 0 Å². The van der Waals surface area contributed by atoms with Crippen LogP contribution in [-0.2, 0) is 10.2 Å². The molecule has 2 aromatic rings. The highest BCUT2D eigenvalue weighted by Gasteiger charge is 2.18. The lowest BCUT2D eigenvalue weighted by atomic mass is 9.86. The largest absolute Gasteiger partial charge is 0.496 e. The molecule has 1 aromatic heterocycles. The summed E-state index contributed by atoms with van der Waals surface area (Å²) >= 11 is 1.76. The lowest BCUT2D eigenvalue weighted by Gasteiger charge is -2.19. The zero-order chi connectivity index (χ0) is 12.6. The van der Waals surface area contributed by atoms with Crippen LogP contribution in [0.4, 0.5) is 0 Å². The van der Waals surface area contributed by atoms with Gasteiger partial charge in [0.05, 0.1) is 12.0 Å². The summed E-state index contributed by atoms with van der Waals surface area (Å²) in [7, 11) is 1.66. The highest BCUT2D eigenvalue weighted by atomic mass is 32.1. The molecule has 17 heavy (non-hydrogen) atoms. The second kappa shape index (κ2) is 4.19. The lowest BCUT2D eigenvalue weighted by Crippen LogP contribution is -2.10. The van der Waals surface area contributed by atoms with Crippen LogP contribution in [-0.4, -0.2) is 7.11 Å². The number of fused-ring (bicyclic) bond motifs is 1. The summed E-state index contributed by atoms with van der Waals surface area (Å²) in [5, 5.41) is 1.27. The van der Waals surface area contributed by atoms with E-state index in [4.69, 9.17) is 4.74 Å². The van der Waals surface area contributed by atoms with Crippen molar-refractivity contribution in [3.8, 4) is 0 Å². The van der Waals surface area contributed by atoms with Crippen molar-refractivity contribution in [2.45, 2.75) is 26.2 Å². The second-order valence-corrected chi connectivity index (χ2v) is 6.26. The summed E-state index contributed by atoms with van der Waals surface area (Å²) in [5.74, 6) is 0.742. The van der Waals surface area contributed by atoms with E-state index >= 15 is 0 Å². The normalized spacial score (nSPS) is 11.8. The highest BCUT2D eigenvalue weighted by Crippen LogP contribution is 2.37. The van der Waals surface area contributed by atoms with Crippen LogP contribution in [0.25, 0.3) is 15.8 Å². The van der Waals surface area contributed by atoms with Crippen LogP contribution in [0.2, 0.25) is 0 Å². The summed E-state index contributed by atoms with van der Waals surface area (Å²) in [5.41, 5.74) is 1.55. The molecule has 0 bridgehead atoms. The quantitative estimate of drug-likeness (QED) is 0.690. The first-order chi connectivity index (χ1) is 7.93. The van der Waals surface area contributed by atoms with E-state index in [1.165, 1.54) is 15.6 Å². The molecular weight excluding hydrogens is 228 g/mol. The molecule has 0 amide bonds. The van der Waals surface area contributed by atoms with Crippen LogP contribution >= 0.6 is 11.3 Å². The standard InChI is InChI=1S/C15H18OS/c1-10(16-5)13-9-11-7-6-8-12(14(11)17-13)15(2,3)4/h6-9H,1H2,2-5H3. The third kappa shape index (κ3) is 2.22. The van der Waals surface area contributed by atoms with E-state index in [1.807, 2.05) is 0 Å². The van der Waals surface area contributed by atoms with Crippen LogP contribution in [0.5, 0.6) is 0 Å². The molecule has 0 saturated heterocycles. The van der Waals surface area contributed by atoms with Gasteiger partial charge in [-0.15, -0.1) is 11.3 Å². The van der Waals surface area contributed by atoms with E-state index in [0.29, 0.717) is 0 Å². The molecule has 0 aliphatic carbocycles. The van der Waals surface area contributed by atoms with Gasteiger partial charge in [0.1, 0.15) is 5.76 Å². The Bertz CT molecular complexity index is 558. The fourth-order valence-electron chi connectivity index (χ4n) is 1.89. The third-order valence-electron chi connectivity index (χ3n) is 2.87. The van der Waals surface area contributed by atoms with Crippen LogP contribution < -0.4 is 0 Å². The molecule has 1 nitrogen and oxygen atoms in total. The monoisotopic (exact) mass is 246 g/mol. The van der Waals surface area contributed by atoms with Crippen molar-refractivity contribution in [1.29, 1.82) is 0 Å². The molecule has 0 fully saturated rings. The average Bonchev–Trinajstić information content (AvgIpc) is 2.69. The Balaban J connectivity index is 2.65. The van der Waals surface area contributed by atoms with Crippen molar-refractivity contribution in [2.75, 3.05) is 7.11 Å². The summed E-state index contributed by atoms with van der Waals surface area (Å²) in [4.78, 5) is 1.11. The van der Waals surface area contributed by atoms with E-state index in [-0.39, 0.29) is 5.41 Å². The van der Waals surface area contributed by atoms with Gasteiger partial charge in [0.15, 0.2) is 0 Å². The maximum Gasteiger partial charge on any atom is 0.128 e. The molecule has 2 heteroatoms. The second-order valence-electron chi connectivity index (χ2n) is 5.21. The molecule has 0 saturated carbocycles. The van der Waals surface area contributed by atoms with E-state index in [1.54, 1.807) is 18.4 Å². The number of ether oxygens (including phenoxy) is 1. The predicted octanol–water partition coefficient (Wildman–Crippen LogP) is 4.82. The lowest BCUT2D eigenvalue weighted by molar-refractivity contribution is 0.373. The van der Waals surface area contributed by atoms with Crippen LogP contribution in [0.15, 0.2) is 30.8 Å². The maximum atomic E-state index is 5.21. The molecule has 1 heterocycles. The van der Waals surface area contributed by atoms with Crippen molar-refractivity contribution in [3.63, 3.8) is 0 Å². The molecular formula is C15H18OS. The molecule has 0 aliphatic heterocycles. The number of hydrogen-bond donors (Lipinski definition) is 0. The molecule has 0 spiro atoms. The van der Waals surface area contributed by atoms with E-state index in [9.17, 15) is 0 Å². The third-order valence-corrected chi connectivity index (χ3v) is 4.10. The Morgan fingerprint density at radius 1 is 1.29 bits per heavy atom. The van der Waals surface area contributed by atoms with Crippen LogP contribution in [0.1, 0.15) is 31.2 Å². The first-order valence-electron chi connectivity index (χ1n) is 5.70. The van der Waals surface area contributed by atoms with Gasteiger partial charge in [0.25, 0.3) is 0 Å². The Morgan fingerprint density at radius 2 is 2.00 bits per heavy atom. The van der Waals surface area contributed by atoms with Gasteiger partial charge in [-0.1, -0.05) is 45.5 Å². The Kier molecular flexibility index (Phi) is 3.00.